The van der Waals surface area contributed by atoms with E-state index in [0.717, 1.165) is 6.07 Å². The highest BCUT2D eigenvalue weighted by molar-refractivity contribution is 7.80. The van der Waals surface area contributed by atoms with E-state index in [-0.39, 0.29) is 16.5 Å². The van der Waals surface area contributed by atoms with Crippen molar-refractivity contribution in [2.45, 2.75) is 6.18 Å². The molecule has 0 aliphatic rings. The highest BCUT2D eigenvalue weighted by Crippen LogP contribution is 2.33. The van der Waals surface area contributed by atoms with Crippen molar-refractivity contribution < 1.29 is 17.6 Å². The van der Waals surface area contributed by atoms with Crippen molar-refractivity contribution in [1.82, 2.24) is 4.98 Å². The standard InChI is InChI=1S/C13H9F4N3S/c14-10-3-2-8(5-9(10)13(15,16)17)20-11-4-1-7(6-19-11)12(18)21/h1-6H,(H2,18,21)(H,19,20). The molecule has 2 aromatic rings. The Labute approximate surface area is 122 Å². The fourth-order valence-electron chi connectivity index (χ4n) is 1.58. The largest absolute Gasteiger partial charge is 0.419 e. The molecule has 1 aromatic heterocycles. The third-order valence-corrected chi connectivity index (χ3v) is 2.83. The van der Waals surface area contributed by atoms with Gasteiger partial charge in [0.2, 0.25) is 0 Å². The zero-order valence-corrected chi connectivity index (χ0v) is 11.2. The van der Waals surface area contributed by atoms with E-state index in [1.165, 1.54) is 18.3 Å². The molecule has 0 saturated carbocycles. The normalized spacial score (nSPS) is 11.2. The number of aromatic nitrogens is 1. The Kier molecular flexibility index (Phi) is 4.08. The summed E-state index contributed by atoms with van der Waals surface area (Å²) in [6, 6.07) is 5.69. The molecule has 110 valence electrons. The molecule has 21 heavy (non-hydrogen) atoms. The minimum atomic E-state index is -4.76. The topological polar surface area (TPSA) is 50.9 Å². The number of nitrogens with zero attached hydrogens (tertiary/aromatic N) is 1. The quantitative estimate of drug-likeness (QED) is 0.671. The number of hydrogen-bond donors (Lipinski definition) is 2. The molecule has 8 heteroatoms. The summed E-state index contributed by atoms with van der Waals surface area (Å²) in [6.07, 6.45) is -3.37. The Bertz CT molecular complexity index is 668. The number of nitrogens with one attached hydrogen (secondary N) is 1. The van der Waals surface area contributed by atoms with E-state index in [1.807, 2.05) is 0 Å². The van der Waals surface area contributed by atoms with Crippen LogP contribution in [0.5, 0.6) is 0 Å². The van der Waals surface area contributed by atoms with Crippen LogP contribution in [0.1, 0.15) is 11.1 Å². The van der Waals surface area contributed by atoms with Gasteiger partial charge in [-0.05, 0) is 30.3 Å². The average Bonchev–Trinajstić information content (AvgIpc) is 2.40. The van der Waals surface area contributed by atoms with Crippen LogP contribution in [-0.4, -0.2) is 9.97 Å². The van der Waals surface area contributed by atoms with Crippen LogP contribution >= 0.6 is 12.2 Å². The molecule has 0 aliphatic carbocycles. The molecule has 0 unspecified atom stereocenters. The molecule has 0 amide bonds. The second-order valence-corrected chi connectivity index (χ2v) is 4.55. The summed E-state index contributed by atoms with van der Waals surface area (Å²) >= 11 is 4.76. The van der Waals surface area contributed by atoms with E-state index in [2.05, 4.69) is 10.3 Å². The van der Waals surface area contributed by atoms with Crippen molar-refractivity contribution in [3.63, 3.8) is 0 Å². The summed E-state index contributed by atoms with van der Waals surface area (Å²) in [6.45, 7) is 0. The Morgan fingerprint density at radius 2 is 1.90 bits per heavy atom. The molecule has 0 bridgehead atoms. The van der Waals surface area contributed by atoms with Crippen LogP contribution < -0.4 is 11.1 Å². The van der Waals surface area contributed by atoms with Crippen LogP contribution in [-0.2, 0) is 6.18 Å². The Balaban J connectivity index is 2.26. The van der Waals surface area contributed by atoms with Gasteiger partial charge in [0.1, 0.15) is 16.6 Å². The van der Waals surface area contributed by atoms with Crippen molar-refractivity contribution in [3.8, 4) is 0 Å². The third-order valence-electron chi connectivity index (χ3n) is 2.59. The monoisotopic (exact) mass is 315 g/mol. The van der Waals surface area contributed by atoms with Gasteiger partial charge in [-0.25, -0.2) is 9.37 Å². The number of anilines is 2. The maximum atomic E-state index is 13.2. The van der Waals surface area contributed by atoms with Gasteiger partial charge >= 0.3 is 6.18 Å². The van der Waals surface area contributed by atoms with E-state index in [9.17, 15) is 17.6 Å². The van der Waals surface area contributed by atoms with Gasteiger partial charge in [-0.3, -0.25) is 0 Å². The van der Waals surface area contributed by atoms with Crippen LogP contribution in [0.25, 0.3) is 0 Å². The minimum Gasteiger partial charge on any atom is -0.389 e. The smallest absolute Gasteiger partial charge is 0.389 e. The molecule has 1 aromatic carbocycles. The molecule has 0 spiro atoms. The van der Waals surface area contributed by atoms with Crippen LogP contribution in [0.3, 0.4) is 0 Å². The number of alkyl halides is 3. The van der Waals surface area contributed by atoms with E-state index < -0.39 is 17.6 Å². The molecule has 3 N–H and O–H groups in total. The van der Waals surface area contributed by atoms with Gasteiger partial charge in [0.25, 0.3) is 0 Å². The van der Waals surface area contributed by atoms with Crippen molar-refractivity contribution >= 4 is 28.7 Å². The van der Waals surface area contributed by atoms with Gasteiger partial charge in [-0.2, -0.15) is 13.2 Å². The molecule has 0 atom stereocenters. The Morgan fingerprint density at radius 3 is 2.43 bits per heavy atom. The van der Waals surface area contributed by atoms with Crippen molar-refractivity contribution in [2.75, 3.05) is 5.32 Å². The van der Waals surface area contributed by atoms with Gasteiger partial charge < -0.3 is 11.1 Å². The first-order valence-corrected chi connectivity index (χ1v) is 6.08. The fraction of sp³-hybridized carbons (Fsp3) is 0.0769. The number of benzene rings is 1. The number of nitrogens with two attached hydrogens (primary N) is 1. The number of thiocarbonyl (C=S) groups is 1. The molecule has 0 fully saturated rings. The van der Waals surface area contributed by atoms with E-state index in [1.54, 1.807) is 6.07 Å². The third kappa shape index (κ3) is 3.66. The first-order valence-electron chi connectivity index (χ1n) is 5.67. The predicted molar refractivity (Wildman–Crippen MR) is 74.8 cm³/mol. The first-order chi connectivity index (χ1) is 9.77. The van der Waals surface area contributed by atoms with Gasteiger partial charge in [0, 0.05) is 17.4 Å². The maximum absolute atomic E-state index is 13.2. The predicted octanol–water partition coefficient (Wildman–Crippen LogP) is 3.62. The van der Waals surface area contributed by atoms with Crippen LogP contribution in [0.4, 0.5) is 29.1 Å². The molecule has 0 aliphatic heterocycles. The molecule has 0 saturated heterocycles. The maximum Gasteiger partial charge on any atom is 0.419 e. The van der Waals surface area contributed by atoms with Crippen LogP contribution in [0.15, 0.2) is 36.5 Å². The summed E-state index contributed by atoms with van der Waals surface area (Å²) in [7, 11) is 0. The van der Waals surface area contributed by atoms with E-state index in [4.69, 9.17) is 18.0 Å². The molecule has 3 nitrogen and oxygen atoms in total. The number of halogens is 4. The SMILES string of the molecule is NC(=S)c1ccc(Nc2ccc(F)c(C(F)(F)F)c2)nc1. The molecule has 0 radical (unpaired) electrons. The summed E-state index contributed by atoms with van der Waals surface area (Å²) in [5.74, 6) is -1.04. The van der Waals surface area contributed by atoms with Gasteiger partial charge in [0.15, 0.2) is 0 Å². The Hall–Kier alpha value is -2.22. The number of hydrogen-bond acceptors (Lipinski definition) is 3. The van der Waals surface area contributed by atoms with Gasteiger partial charge in [-0.1, -0.05) is 12.2 Å². The van der Waals surface area contributed by atoms with E-state index in [0.29, 0.717) is 11.6 Å². The summed E-state index contributed by atoms with van der Waals surface area (Å²) < 4.78 is 50.9. The highest BCUT2D eigenvalue weighted by Gasteiger charge is 2.34. The second kappa shape index (κ2) is 5.65. The molecular weight excluding hydrogens is 306 g/mol. The zero-order valence-electron chi connectivity index (χ0n) is 10.4. The molecule has 1 heterocycles. The summed E-state index contributed by atoms with van der Waals surface area (Å²) in [4.78, 5) is 4.12. The lowest BCUT2D eigenvalue weighted by Crippen LogP contribution is -2.10. The molecular formula is C13H9F4N3S. The Morgan fingerprint density at radius 1 is 1.19 bits per heavy atom. The lowest BCUT2D eigenvalue weighted by Gasteiger charge is -2.11. The van der Waals surface area contributed by atoms with E-state index >= 15 is 0 Å². The summed E-state index contributed by atoms with van der Waals surface area (Å²) in [5.41, 5.74) is 4.67. The molecule has 2 rings (SSSR count). The fourth-order valence-corrected chi connectivity index (χ4v) is 1.70. The average molecular weight is 315 g/mol. The van der Waals surface area contributed by atoms with Crippen LogP contribution in [0.2, 0.25) is 0 Å². The van der Waals surface area contributed by atoms with Crippen molar-refractivity contribution in [1.29, 1.82) is 0 Å². The van der Waals surface area contributed by atoms with Crippen LogP contribution in [0, 0.1) is 5.82 Å². The second-order valence-electron chi connectivity index (χ2n) is 4.11. The van der Waals surface area contributed by atoms with Gasteiger partial charge in [0.05, 0.1) is 5.56 Å². The first kappa shape index (κ1) is 15.2. The lowest BCUT2D eigenvalue weighted by molar-refractivity contribution is -0.139. The van der Waals surface area contributed by atoms with Crippen molar-refractivity contribution in [3.05, 3.63) is 53.5 Å². The number of pyridine rings is 1. The minimum absolute atomic E-state index is 0.0688. The summed E-state index contributed by atoms with van der Waals surface area (Å²) in [5, 5.41) is 2.65. The lowest BCUT2D eigenvalue weighted by atomic mass is 10.2. The zero-order chi connectivity index (χ0) is 15.6. The van der Waals surface area contributed by atoms with Crippen molar-refractivity contribution in [2.24, 2.45) is 5.73 Å². The number of rotatable bonds is 3. The highest BCUT2D eigenvalue weighted by atomic mass is 32.1. The van der Waals surface area contributed by atoms with Gasteiger partial charge in [-0.15, -0.1) is 0 Å².